The lowest BCUT2D eigenvalue weighted by Gasteiger charge is -2.33. The van der Waals surface area contributed by atoms with E-state index in [0.29, 0.717) is 6.42 Å². The Morgan fingerprint density at radius 2 is 2.10 bits per heavy atom. The highest BCUT2D eigenvalue weighted by Gasteiger charge is 2.37. The van der Waals surface area contributed by atoms with Gasteiger partial charge in [0.25, 0.3) is 0 Å². The van der Waals surface area contributed by atoms with Crippen LogP contribution >= 0.6 is 0 Å². The van der Waals surface area contributed by atoms with Gasteiger partial charge in [0, 0.05) is 29.3 Å². The minimum Gasteiger partial charge on any atom is -0.316 e. The van der Waals surface area contributed by atoms with E-state index in [1.54, 1.807) is 0 Å². The molecule has 1 aromatic rings. The molecule has 0 spiro atoms. The summed E-state index contributed by atoms with van der Waals surface area (Å²) in [6.07, 6.45) is 2.67. The zero-order chi connectivity index (χ0) is 15.2. The molecule has 3 rings (SSSR count). The number of amides is 1. The molecule has 3 heterocycles. The fourth-order valence-electron chi connectivity index (χ4n) is 3.39. The predicted octanol–water partition coefficient (Wildman–Crippen LogP) is 1.72. The van der Waals surface area contributed by atoms with Crippen molar-refractivity contribution in [2.45, 2.75) is 58.4 Å². The van der Waals surface area contributed by atoms with E-state index in [-0.39, 0.29) is 17.4 Å². The molecule has 1 amide bonds. The first-order chi connectivity index (χ1) is 9.92. The van der Waals surface area contributed by atoms with Gasteiger partial charge >= 0.3 is 0 Å². The second kappa shape index (κ2) is 5.05. The van der Waals surface area contributed by atoms with Crippen LogP contribution < -0.4 is 10.2 Å². The van der Waals surface area contributed by atoms with Crippen molar-refractivity contribution in [3.05, 3.63) is 17.1 Å². The van der Waals surface area contributed by atoms with Crippen molar-refractivity contribution >= 4 is 11.7 Å². The summed E-state index contributed by atoms with van der Waals surface area (Å²) in [6.45, 7) is 10.3. The quantitative estimate of drug-likeness (QED) is 0.900. The average Bonchev–Trinajstić information content (AvgIpc) is 2.76. The van der Waals surface area contributed by atoms with Gasteiger partial charge in [-0.05, 0) is 40.2 Å². The zero-order valence-electron chi connectivity index (χ0n) is 13.4. The van der Waals surface area contributed by atoms with Crippen molar-refractivity contribution in [3.8, 4) is 0 Å². The summed E-state index contributed by atoms with van der Waals surface area (Å²) in [7, 11) is 0. The molecule has 5 heteroatoms. The van der Waals surface area contributed by atoms with Gasteiger partial charge < -0.3 is 5.32 Å². The van der Waals surface area contributed by atoms with Crippen LogP contribution in [0.3, 0.4) is 0 Å². The van der Waals surface area contributed by atoms with E-state index in [9.17, 15) is 4.79 Å². The largest absolute Gasteiger partial charge is 0.316 e. The second-order valence-electron chi connectivity index (χ2n) is 6.81. The second-order valence-corrected chi connectivity index (χ2v) is 6.81. The maximum atomic E-state index is 12.2. The van der Waals surface area contributed by atoms with Crippen molar-refractivity contribution in [3.63, 3.8) is 0 Å². The number of carbonyl (C=O) groups excluding carboxylic acids is 1. The van der Waals surface area contributed by atoms with Crippen molar-refractivity contribution < 1.29 is 4.79 Å². The molecule has 1 fully saturated rings. The van der Waals surface area contributed by atoms with Gasteiger partial charge in [-0.15, -0.1) is 0 Å². The van der Waals surface area contributed by atoms with Gasteiger partial charge in [-0.2, -0.15) is 0 Å². The highest BCUT2D eigenvalue weighted by molar-refractivity contribution is 6.00. The Labute approximate surface area is 126 Å². The third-order valence-corrected chi connectivity index (χ3v) is 4.67. The Kier molecular flexibility index (Phi) is 3.48. The summed E-state index contributed by atoms with van der Waals surface area (Å²) in [4.78, 5) is 23.6. The molecule has 0 bridgehead atoms. The molecule has 114 valence electrons. The molecule has 0 saturated carbocycles. The Morgan fingerprint density at radius 3 is 2.71 bits per heavy atom. The number of nitrogens with one attached hydrogen (secondary N) is 1. The summed E-state index contributed by atoms with van der Waals surface area (Å²) >= 11 is 0. The number of aromatic nitrogens is 2. The van der Waals surface area contributed by atoms with E-state index in [1.807, 2.05) is 25.7 Å². The number of hydrogen-bond acceptors (Lipinski definition) is 4. The van der Waals surface area contributed by atoms with Crippen LogP contribution in [0, 0.1) is 6.92 Å². The first kappa shape index (κ1) is 14.4. The summed E-state index contributed by atoms with van der Waals surface area (Å²) < 4.78 is 0. The molecular weight excluding hydrogens is 264 g/mol. The fourth-order valence-corrected chi connectivity index (χ4v) is 3.39. The summed E-state index contributed by atoms with van der Waals surface area (Å²) in [5, 5.41) is 3.44. The molecule has 1 aromatic heterocycles. The van der Waals surface area contributed by atoms with Crippen molar-refractivity contribution in [2.24, 2.45) is 0 Å². The Balaban J connectivity index is 2.07. The van der Waals surface area contributed by atoms with E-state index in [4.69, 9.17) is 9.97 Å². The third-order valence-electron chi connectivity index (χ3n) is 4.67. The molecule has 0 aromatic carbocycles. The monoisotopic (exact) mass is 288 g/mol. The third kappa shape index (κ3) is 2.33. The van der Waals surface area contributed by atoms with Crippen LogP contribution in [-0.2, 0) is 16.6 Å². The summed E-state index contributed by atoms with van der Waals surface area (Å²) in [6, 6.07) is 0.137. The molecule has 2 aliphatic heterocycles. The van der Waals surface area contributed by atoms with Crippen LogP contribution in [0.25, 0.3) is 0 Å². The number of anilines is 1. The molecule has 0 aliphatic carbocycles. The maximum absolute atomic E-state index is 12.2. The van der Waals surface area contributed by atoms with E-state index in [1.165, 1.54) is 0 Å². The standard InChI is InChI=1S/C16H24N4O/c1-10(2)20-13(21)8-12-11(3)18-15(19-14(12)20)16(4)6-5-7-17-9-16/h10,17H,5-9H2,1-4H3. The predicted molar refractivity (Wildman–Crippen MR) is 82.6 cm³/mol. The smallest absolute Gasteiger partial charge is 0.233 e. The van der Waals surface area contributed by atoms with Gasteiger partial charge in [0.05, 0.1) is 6.42 Å². The summed E-state index contributed by atoms with van der Waals surface area (Å²) in [5.41, 5.74) is 1.93. The molecular formula is C16H24N4O. The lowest BCUT2D eigenvalue weighted by molar-refractivity contribution is -0.117. The lowest BCUT2D eigenvalue weighted by Crippen LogP contribution is -2.43. The van der Waals surface area contributed by atoms with Crippen LogP contribution in [-0.4, -0.2) is 35.0 Å². The SMILES string of the molecule is Cc1nc(C2(C)CCCNC2)nc2c1CC(=O)N2C(C)C. The first-order valence-corrected chi connectivity index (χ1v) is 7.83. The molecule has 21 heavy (non-hydrogen) atoms. The molecule has 1 atom stereocenters. The number of fused-ring (bicyclic) bond motifs is 1. The average molecular weight is 288 g/mol. The number of aryl methyl sites for hydroxylation is 1. The molecule has 2 aliphatic rings. The lowest BCUT2D eigenvalue weighted by atomic mass is 9.82. The number of carbonyl (C=O) groups is 1. The minimum atomic E-state index is -0.0354. The van der Waals surface area contributed by atoms with Gasteiger partial charge in [-0.1, -0.05) is 6.92 Å². The van der Waals surface area contributed by atoms with Crippen molar-refractivity contribution in [1.82, 2.24) is 15.3 Å². The zero-order valence-corrected chi connectivity index (χ0v) is 13.4. The van der Waals surface area contributed by atoms with Crippen LogP contribution in [0.5, 0.6) is 0 Å². The van der Waals surface area contributed by atoms with E-state index in [2.05, 4.69) is 12.2 Å². The number of piperidine rings is 1. The topological polar surface area (TPSA) is 58.1 Å². The Hall–Kier alpha value is -1.49. The van der Waals surface area contributed by atoms with E-state index < -0.39 is 0 Å². The summed E-state index contributed by atoms with van der Waals surface area (Å²) in [5.74, 6) is 1.86. The van der Waals surface area contributed by atoms with Gasteiger partial charge in [-0.3, -0.25) is 9.69 Å². The minimum absolute atomic E-state index is 0.0354. The molecule has 0 radical (unpaired) electrons. The van der Waals surface area contributed by atoms with Crippen LogP contribution in [0.1, 0.15) is 50.7 Å². The van der Waals surface area contributed by atoms with E-state index in [0.717, 1.165) is 48.8 Å². The molecule has 1 N–H and O–H groups in total. The van der Waals surface area contributed by atoms with Crippen LogP contribution in [0.4, 0.5) is 5.82 Å². The van der Waals surface area contributed by atoms with Crippen LogP contribution in [0.2, 0.25) is 0 Å². The number of nitrogens with zero attached hydrogens (tertiary/aromatic N) is 3. The van der Waals surface area contributed by atoms with Crippen molar-refractivity contribution in [2.75, 3.05) is 18.0 Å². The molecule has 1 unspecified atom stereocenters. The highest BCUT2D eigenvalue weighted by atomic mass is 16.2. The Morgan fingerprint density at radius 1 is 1.33 bits per heavy atom. The first-order valence-electron chi connectivity index (χ1n) is 7.83. The number of hydrogen-bond donors (Lipinski definition) is 1. The van der Waals surface area contributed by atoms with Gasteiger partial charge in [-0.25, -0.2) is 9.97 Å². The normalized spacial score (nSPS) is 25.6. The highest BCUT2D eigenvalue weighted by Crippen LogP contribution is 2.35. The van der Waals surface area contributed by atoms with Gasteiger partial charge in [0.1, 0.15) is 11.6 Å². The van der Waals surface area contributed by atoms with Gasteiger partial charge in [0.15, 0.2) is 0 Å². The molecule has 5 nitrogen and oxygen atoms in total. The Bertz CT molecular complexity index is 576. The fraction of sp³-hybridized carbons (Fsp3) is 0.688. The van der Waals surface area contributed by atoms with Crippen LogP contribution in [0.15, 0.2) is 0 Å². The maximum Gasteiger partial charge on any atom is 0.233 e. The number of rotatable bonds is 2. The van der Waals surface area contributed by atoms with Crippen molar-refractivity contribution in [1.29, 1.82) is 0 Å². The molecule has 1 saturated heterocycles. The van der Waals surface area contributed by atoms with E-state index >= 15 is 0 Å². The van der Waals surface area contributed by atoms with Gasteiger partial charge in [0.2, 0.25) is 5.91 Å².